The Morgan fingerprint density at radius 1 is 1.17 bits per heavy atom. The predicted octanol–water partition coefficient (Wildman–Crippen LogP) is 4.13. The van der Waals surface area contributed by atoms with Gasteiger partial charge in [-0.3, -0.25) is 0 Å². The zero-order valence-corrected chi connectivity index (χ0v) is 12.9. The summed E-state index contributed by atoms with van der Waals surface area (Å²) in [5, 5.41) is 0.990. The fraction of sp³-hybridized carbons (Fsp3) is 0.118. The van der Waals surface area contributed by atoms with Crippen LogP contribution in [0.2, 0.25) is 0 Å². The van der Waals surface area contributed by atoms with Crippen molar-refractivity contribution in [1.82, 2.24) is 15.0 Å². The van der Waals surface area contributed by atoms with Crippen molar-refractivity contribution in [3.8, 4) is 0 Å². The van der Waals surface area contributed by atoms with Crippen LogP contribution in [0.5, 0.6) is 0 Å². The summed E-state index contributed by atoms with van der Waals surface area (Å²) in [6, 6.07) is 12.4. The Balaban J connectivity index is 1.79. The molecule has 23 heavy (non-hydrogen) atoms. The minimum absolute atomic E-state index is 0.372. The molecule has 0 spiro atoms. The molecule has 1 aliphatic heterocycles. The molecule has 3 heterocycles. The van der Waals surface area contributed by atoms with Gasteiger partial charge in [0.15, 0.2) is 5.58 Å². The third kappa shape index (κ3) is 1.88. The van der Waals surface area contributed by atoms with E-state index in [0.29, 0.717) is 10.4 Å². The molecular formula is C17H12N4OS. The normalized spacial score (nSPS) is 13.8. The topological polar surface area (TPSA) is 58.0 Å². The molecular weight excluding hydrogens is 308 g/mol. The lowest BCUT2D eigenvalue weighted by molar-refractivity contribution is 0.583. The third-order valence-corrected chi connectivity index (χ3v) is 4.48. The lowest BCUT2D eigenvalue weighted by Crippen LogP contribution is -2.15. The smallest absolute Gasteiger partial charge is 0.266 e. The number of hydrogen-bond donors (Lipinski definition) is 1. The van der Waals surface area contributed by atoms with Crippen molar-refractivity contribution >= 4 is 45.7 Å². The van der Waals surface area contributed by atoms with Gasteiger partial charge in [0.2, 0.25) is 0 Å². The number of hydrogen-bond acceptors (Lipinski definition) is 5. The van der Waals surface area contributed by atoms with E-state index in [0.717, 1.165) is 35.2 Å². The maximum absolute atomic E-state index is 5.48. The van der Waals surface area contributed by atoms with Gasteiger partial charge in [0.1, 0.15) is 12.1 Å². The first-order chi connectivity index (χ1) is 11.3. The molecule has 2 aromatic heterocycles. The van der Waals surface area contributed by atoms with E-state index in [9.17, 15) is 0 Å². The molecule has 5 rings (SSSR count). The lowest BCUT2D eigenvalue weighted by Gasteiger charge is -2.19. The summed E-state index contributed by atoms with van der Waals surface area (Å²) >= 11 is 5.08. The van der Waals surface area contributed by atoms with Crippen LogP contribution in [0.1, 0.15) is 5.56 Å². The van der Waals surface area contributed by atoms with Crippen LogP contribution < -0.4 is 4.90 Å². The van der Waals surface area contributed by atoms with Gasteiger partial charge >= 0.3 is 0 Å². The van der Waals surface area contributed by atoms with E-state index < -0.39 is 0 Å². The van der Waals surface area contributed by atoms with Gasteiger partial charge in [-0.2, -0.15) is 0 Å². The van der Waals surface area contributed by atoms with Crippen LogP contribution in [0.25, 0.3) is 22.0 Å². The van der Waals surface area contributed by atoms with Crippen LogP contribution >= 0.6 is 12.2 Å². The molecule has 0 unspecified atom stereocenters. The lowest BCUT2D eigenvalue weighted by atomic mass is 10.1. The van der Waals surface area contributed by atoms with E-state index in [2.05, 4.69) is 44.1 Å². The Kier molecular flexibility index (Phi) is 2.57. The summed E-state index contributed by atoms with van der Waals surface area (Å²) in [4.78, 5) is 14.6. The fourth-order valence-corrected chi connectivity index (χ4v) is 3.46. The van der Waals surface area contributed by atoms with Crippen LogP contribution in [0.15, 0.2) is 47.1 Å². The van der Waals surface area contributed by atoms with Crippen LogP contribution in [-0.2, 0) is 6.42 Å². The van der Waals surface area contributed by atoms with E-state index in [1.165, 1.54) is 11.3 Å². The molecule has 2 aromatic carbocycles. The van der Waals surface area contributed by atoms with Crippen molar-refractivity contribution in [3.05, 3.63) is 53.1 Å². The Bertz CT molecular complexity index is 1110. The van der Waals surface area contributed by atoms with E-state index in [1.807, 2.05) is 12.1 Å². The molecule has 1 aliphatic rings. The second-order valence-electron chi connectivity index (χ2n) is 5.61. The summed E-state index contributed by atoms with van der Waals surface area (Å²) in [6.45, 7) is 0.922. The number of rotatable bonds is 1. The number of aromatic amines is 1. The highest BCUT2D eigenvalue weighted by atomic mass is 32.1. The molecule has 0 amide bonds. The Labute approximate surface area is 136 Å². The highest BCUT2D eigenvalue weighted by Crippen LogP contribution is 2.37. The number of benzene rings is 2. The van der Waals surface area contributed by atoms with Crippen molar-refractivity contribution in [3.63, 3.8) is 0 Å². The first-order valence-corrected chi connectivity index (χ1v) is 7.83. The SMILES string of the molecule is S=c1[nH]c2cc3c(N4CCc5ccccc54)ncnc3cc2o1. The fourth-order valence-electron chi connectivity index (χ4n) is 3.26. The molecule has 112 valence electrons. The minimum atomic E-state index is 0.372. The number of nitrogens with zero attached hydrogens (tertiary/aromatic N) is 3. The number of fused-ring (bicyclic) bond motifs is 3. The first-order valence-electron chi connectivity index (χ1n) is 7.43. The molecule has 0 fully saturated rings. The molecule has 0 saturated carbocycles. The molecule has 5 nitrogen and oxygen atoms in total. The van der Waals surface area contributed by atoms with Gasteiger partial charge in [-0.15, -0.1) is 0 Å². The Hall–Kier alpha value is -2.73. The number of nitrogens with one attached hydrogen (secondary N) is 1. The van der Waals surface area contributed by atoms with Gasteiger partial charge in [0, 0.05) is 23.7 Å². The summed E-state index contributed by atoms with van der Waals surface area (Å²) in [7, 11) is 0. The zero-order chi connectivity index (χ0) is 15.4. The van der Waals surface area contributed by atoms with Crippen molar-refractivity contribution in [1.29, 1.82) is 0 Å². The summed E-state index contributed by atoms with van der Waals surface area (Å²) in [6.07, 6.45) is 2.63. The predicted molar refractivity (Wildman–Crippen MR) is 91.6 cm³/mol. The highest BCUT2D eigenvalue weighted by Gasteiger charge is 2.23. The number of para-hydroxylation sites is 1. The Morgan fingerprint density at radius 3 is 3.04 bits per heavy atom. The van der Waals surface area contributed by atoms with E-state index in [4.69, 9.17) is 16.6 Å². The van der Waals surface area contributed by atoms with Crippen molar-refractivity contribution in [2.45, 2.75) is 6.42 Å². The van der Waals surface area contributed by atoms with E-state index in [1.54, 1.807) is 6.33 Å². The maximum atomic E-state index is 5.48. The Morgan fingerprint density at radius 2 is 2.09 bits per heavy atom. The first kappa shape index (κ1) is 12.8. The minimum Gasteiger partial charge on any atom is -0.429 e. The molecule has 0 bridgehead atoms. The van der Waals surface area contributed by atoms with Crippen LogP contribution in [0.4, 0.5) is 11.5 Å². The van der Waals surface area contributed by atoms with Gasteiger partial charge in [-0.1, -0.05) is 18.2 Å². The van der Waals surface area contributed by atoms with Crippen LogP contribution in [-0.4, -0.2) is 21.5 Å². The molecule has 1 N–H and O–H groups in total. The van der Waals surface area contributed by atoms with Gasteiger partial charge in [-0.05, 0) is 36.3 Å². The van der Waals surface area contributed by atoms with E-state index >= 15 is 0 Å². The summed E-state index contributed by atoms with van der Waals surface area (Å²) < 4.78 is 5.48. The van der Waals surface area contributed by atoms with Crippen LogP contribution in [0, 0.1) is 4.84 Å². The average Bonchev–Trinajstić information content (AvgIpc) is 3.14. The second kappa shape index (κ2) is 4.63. The number of H-pyrrole nitrogens is 1. The molecule has 0 aliphatic carbocycles. The van der Waals surface area contributed by atoms with Crippen molar-refractivity contribution in [2.75, 3.05) is 11.4 Å². The molecule has 4 aromatic rings. The van der Waals surface area contributed by atoms with Gasteiger partial charge in [-0.25, -0.2) is 9.97 Å². The van der Waals surface area contributed by atoms with Gasteiger partial charge in [0.05, 0.1) is 11.0 Å². The third-order valence-electron chi connectivity index (χ3n) is 4.30. The molecule has 0 atom stereocenters. The monoisotopic (exact) mass is 320 g/mol. The van der Waals surface area contributed by atoms with Gasteiger partial charge in [0.25, 0.3) is 4.84 Å². The second-order valence-corrected chi connectivity index (χ2v) is 5.98. The average molecular weight is 320 g/mol. The number of aromatic nitrogens is 3. The zero-order valence-electron chi connectivity index (χ0n) is 12.1. The molecule has 0 saturated heterocycles. The van der Waals surface area contributed by atoms with Gasteiger partial charge < -0.3 is 14.3 Å². The highest BCUT2D eigenvalue weighted by molar-refractivity contribution is 7.71. The standard InChI is InChI=1S/C17H12N4OS/c23-17-20-13-7-11-12(8-15(13)22-17)18-9-19-16(11)21-6-5-10-3-1-2-4-14(10)21/h1-4,7-9H,5-6H2,(H,20,23). The van der Waals surface area contributed by atoms with Crippen molar-refractivity contribution < 1.29 is 4.42 Å². The van der Waals surface area contributed by atoms with E-state index in [-0.39, 0.29) is 0 Å². The maximum Gasteiger partial charge on any atom is 0.266 e. The largest absolute Gasteiger partial charge is 0.429 e. The van der Waals surface area contributed by atoms with Crippen LogP contribution in [0.3, 0.4) is 0 Å². The number of anilines is 2. The molecule has 6 heteroatoms. The van der Waals surface area contributed by atoms with Crippen molar-refractivity contribution in [2.24, 2.45) is 0 Å². The summed E-state index contributed by atoms with van der Waals surface area (Å²) in [5.41, 5.74) is 5.00. The number of oxazole rings is 1. The quantitative estimate of drug-likeness (QED) is 0.534. The summed E-state index contributed by atoms with van der Waals surface area (Å²) in [5.74, 6) is 0.919. The molecule has 0 radical (unpaired) electrons.